The molecule has 5 rings (SSSR count). The van der Waals surface area contributed by atoms with Crippen molar-refractivity contribution >= 4 is 0 Å². The number of fused-ring (bicyclic) bond motifs is 2. The van der Waals surface area contributed by atoms with Crippen LogP contribution in [0.2, 0.25) is 0 Å². The Morgan fingerprint density at radius 1 is 0.812 bits per heavy atom. The maximum atomic E-state index is 10.9. The van der Waals surface area contributed by atoms with E-state index in [1.165, 1.54) is 69.8 Å². The second-order valence-electron chi connectivity index (χ2n) is 14.8. The van der Waals surface area contributed by atoms with Gasteiger partial charge in [-0.3, -0.25) is 0 Å². The van der Waals surface area contributed by atoms with Crippen molar-refractivity contribution in [1.29, 1.82) is 0 Å². The zero-order chi connectivity index (χ0) is 23.3. The van der Waals surface area contributed by atoms with Gasteiger partial charge in [0.1, 0.15) is 0 Å². The molecule has 0 aliphatic heterocycles. The number of rotatable bonds is 4. The minimum atomic E-state index is -0.0854. The zero-order valence-corrected chi connectivity index (χ0v) is 22.6. The lowest BCUT2D eigenvalue weighted by molar-refractivity contribution is -0.161. The number of hydrogen-bond donors (Lipinski definition) is 1. The van der Waals surface area contributed by atoms with Crippen LogP contribution in [0.1, 0.15) is 126 Å². The van der Waals surface area contributed by atoms with Crippen LogP contribution in [0.5, 0.6) is 0 Å². The molecule has 182 valence electrons. The summed E-state index contributed by atoms with van der Waals surface area (Å²) in [5.41, 5.74) is 5.52. The molecule has 0 aromatic carbocycles. The highest BCUT2D eigenvalue weighted by Gasteiger charge is 2.82. The Bertz CT molecular complexity index is 803. The molecule has 5 saturated carbocycles. The first-order valence-electron chi connectivity index (χ1n) is 14.2. The molecule has 5 aliphatic rings. The first-order valence-corrected chi connectivity index (χ1v) is 14.2. The van der Waals surface area contributed by atoms with Gasteiger partial charge < -0.3 is 5.11 Å². The van der Waals surface area contributed by atoms with E-state index in [0.717, 1.165) is 30.1 Å². The number of aliphatic hydroxyl groups excluding tert-OH is 1. The average molecular weight is 441 g/mol. The number of allylic oxidation sites excluding steroid dienone is 2. The first kappa shape index (κ1) is 23.4. The van der Waals surface area contributed by atoms with E-state index in [1.807, 2.05) is 0 Å². The molecule has 0 heterocycles. The van der Waals surface area contributed by atoms with Crippen LogP contribution < -0.4 is 0 Å². The average Bonchev–Trinajstić information content (AvgIpc) is 3.31. The Kier molecular flexibility index (Phi) is 5.21. The molecular weight excluding hydrogens is 388 g/mol. The summed E-state index contributed by atoms with van der Waals surface area (Å²) in [6, 6.07) is 0. The molecule has 32 heavy (non-hydrogen) atoms. The fraction of sp³-hybridized carbons (Fsp3) is 0.935. The largest absolute Gasteiger partial charge is 0.393 e. The predicted molar refractivity (Wildman–Crippen MR) is 135 cm³/mol. The molecule has 5 fully saturated rings. The Morgan fingerprint density at radius 3 is 2.16 bits per heavy atom. The van der Waals surface area contributed by atoms with Gasteiger partial charge in [-0.05, 0) is 142 Å². The summed E-state index contributed by atoms with van der Waals surface area (Å²) in [6.07, 6.45) is 15.2. The van der Waals surface area contributed by atoms with Crippen LogP contribution in [0.15, 0.2) is 11.1 Å². The van der Waals surface area contributed by atoms with Crippen LogP contribution in [0.3, 0.4) is 0 Å². The quantitative estimate of drug-likeness (QED) is 0.434. The van der Waals surface area contributed by atoms with Gasteiger partial charge in [-0.15, -0.1) is 0 Å². The van der Waals surface area contributed by atoms with Crippen LogP contribution in [-0.4, -0.2) is 11.2 Å². The van der Waals surface area contributed by atoms with Gasteiger partial charge >= 0.3 is 0 Å². The van der Waals surface area contributed by atoms with Crippen molar-refractivity contribution in [2.45, 2.75) is 132 Å². The topological polar surface area (TPSA) is 20.2 Å². The van der Waals surface area contributed by atoms with Crippen LogP contribution >= 0.6 is 0 Å². The summed E-state index contributed by atoms with van der Waals surface area (Å²) < 4.78 is 0. The summed E-state index contributed by atoms with van der Waals surface area (Å²) in [6.45, 7) is 19.8. The van der Waals surface area contributed by atoms with Crippen molar-refractivity contribution in [3.05, 3.63) is 11.1 Å². The molecule has 1 heteroatoms. The standard InChI is InChI=1S/C31H52O/c1-20(2)21(3)9-10-22(4)23-13-15-29(8)25-12-11-24-27(5,6)26(32)14-16-30(24)19-31(25,30)18-17-28(23,29)7/h22-26,32H,9-19H2,1-8H3/t22-,23-,24+,25+,26+,28-,29+,30-,31+/m1/s1. The third-order valence-electron chi connectivity index (χ3n) is 13.7. The summed E-state index contributed by atoms with van der Waals surface area (Å²) in [5, 5.41) is 10.9. The van der Waals surface area contributed by atoms with Crippen molar-refractivity contribution in [2.75, 3.05) is 0 Å². The van der Waals surface area contributed by atoms with Gasteiger partial charge in [-0.2, -0.15) is 0 Å². The van der Waals surface area contributed by atoms with E-state index in [0.29, 0.717) is 21.7 Å². The highest BCUT2D eigenvalue weighted by atomic mass is 16.3. The van der Waals surface area contributed by atoms with Crippen molar-refractivity contribution in [3.8, 4) is 0 Å². The van der Waals surface area contributed by atoms with Gasteiger partial charge in [0, 0.05) is 0 Å². The monoisotopic (exact) mass is 440 g/mol. The Labute approximate surface area is 199 Å². The molecule has 0 amide bonds. The van der Waals surface area contributed by atoms with E-state index >= 15 is 0 Å². The van der Waals surface area contributed by atoms with Gasteiger partial charge in [0.25, 0.3) is 0 Å². The molecular formula is C31H52O. The molecule has 0 unspecified atom stereocenters. The van der Waals surface area contributed by atoms with Crippen LogP contribution in [0.4, 0.5) is 0 Å². The molecule has 5 aliphatic carbocycles. The van der Waals surface area contributed by atoms with Crippen LogP contribution in [0.25, 0.3) is 0 Å². The fourth-order valence-electron chi connectivity index (χ4n) is 11.2. The van der Waals surface area contributed by atoms with Crippen molar-refractivity contribution in [2.24, 2.45) is 50.7 Å². The van der Waals surface area contributed by atoms with Crippen molar-refractivity contribution in [3.63, 3.8) is 0 Å². The summed E-state index contributed by atoms with van der Waals surface area (Å²) in [5.74, 6) is 3.45. The van der Waals surface area contributed by atoms with E-state index < -0.39 is 0 Å². The first-order chi connectivity index (χ1) is 14.9. The Morgan fingerprint density at radius 2 is 1.47 bits per heavy atom. The molecule has 1 N–H and O–H groups in total. The maximum absolute atomic E-state index is 10.9. The van der Waals surface area contributed by atoms with Gasteiger partial charge in [-0.1, -0.05) is 45.8 Å². The van der Waals surface area contributed by atoms with E-state index in [2.05, 4.69) is 55.4 Å². The zero-order valence-electron chi connectivity index (χ0n) is 22.6. The van der Waals surface area contributed by atoms with E-state index in [9.17, 15) is 5.11 Å². The lowest BCUT2D eigenvalue weighted by atomic mass is 9.41. The molecule has 9 atom stereocenters. The minimum absolute atomic E-state index is 0.0854. The minimum Gasteiger partial charge on any atom is -0.393 e. The van der Waals surface area contributed by atoms with Crippen molar-refractivity contribution < 1.29 is 5.11 Å². The molecule has 0 radical (unpaired) electrons. The predicted octanol–water partition coefficient (Wildman–Crippen LogP) is 8.56. The summed E-state index contributed by atoms with van der Waals surface area (Å²) >= 11 is 0. The molecule has 1 nitrogen and oxygen atoms in total. The number of aliphatic hydroxyl groups is 1. The van der Waals surface area contributed by atoms with E-state index in [4.69, 9.17) is 0 Å². The lowest BCUT2D eigenvalue weighted by Gasteiger charge is -2.63. The highest BCUT2D eigenvalue weighted by Crippen LogP contribution is 2.89. The van der Waals surface area contributed by atoms with Crippen LogP contribution in [0, 0.1) is 50.7 Å². The SMILES string of the molecule is CC(C)=C(C)CC[C@@H](C)[C@H]1CC[C@@]2(C)[C@@H]3CC[C@H]4C(C)(C)[C@@H](O)CC[C@@]45C[C@@]35CC[C@]12C. The second kappa shape index (κ2) is 7.11. The third kappa shape index (κ3) is 2.73. The Hall–Kier alpha value is -0.300. The third-order valence-corrected chi connectivity index (χ3v) is 13.7. The number of hydrogen-bond acceptors (Lipinski definition) is 1. The highest BCUT2D eigenvalue weighted by molar-refractivity contribution is 5.30. The van der Waals surface area contributed by atoms with E-state index in [1.54, 1.807) is 5.57 Å². The van der Waals surface area contributed by atoms with Gasteiger partial charge in [0.15, 0.2) is 0 Å². The molecule has 0 aromatic rings. The van der Waals surface area contributed by atoms with Gasteiger partial charge in [0.2, 0.25) is 0 Å². The Balaban J connectivity index is 1.40. The second-order valence-corrected chi connectivity index (χ2v) is 14.8. The normalized spacial score (nSPS) is 51.7. The lowest BCUT2D eigenvalue weighted by Crippen LogP contribution is -2.57. The maximum Gasteiger partial charge on any atom is 0.0594 e. The van der Waals surface area contributed by atoms with E-state index in [-0.39, 0.29) is 11.5 Å². The van der Waals surface area contributed by atoms with Crippen LogP contribution in [-0.2, 0) is 0 Å². The van der Waals surface area contributed by atoms with Gasteiger partial charge in [0.05, 0.1) is 6.10 Å². The summed E-state index contributed by atoms with van der Waals surface area (Å²) in [4.78, 5) is 0. The molecule has 0 bridgehead atoms. The molecule has 0 aromatic heterocycles. The molecule has 2 spiro atoms. The smallest absolute Gasteiger partial charge is 0.0594 e. The summed E-state index contributed by atoms with van der Waals surface area (Å²) in [7, 11) is 0. The van der Waals surface area contributed by atoms with Crippen molar-refractivity contribution in [1.82, 2.24) is 0 Å². The molecule has 0 saturated heterocycles. The fourth-order valence-corrected chi connectivity index (χ4v) is 11.2. The van der Waals surface area contributed by atoms with Gasteiger partial charge in [-0.25, -0.2) is 0 Å².